The quantitative estimate of drug-likeness (QED) is 0.714. The van der Waals surface area contributed by atoms with Crippen molar-refractivity contribution in [2.45, 2.75) is 38.4 Å². The van der Waals surface area contributed by atoms with Crippen LogP contribution in [0.15, 0.2) is 54.9 Å². The summed E-state index contributed by atoms with van der Waals surface area (Å²) in [5, 5.41) is 3.15. The van der Waals surface area contributed by atoms with Crippen LogP contribution in [0.1, 0.15) is 24.8 Å². The summed E-state index contributed by atoms with van der Waals surface area (Å²) in [6, 6.07) is 14.9. The summed E-state index contributed by atoms with van der Waals surface area (Å²) < 4.78 is 15.9. The first-order chi connectivity index (χ1) is 13.7. The summed E-state index contributed by atoms with van der Waals surface area (Å²) >= 11 is 0. The van der Waals surface area contributed by atoms with Crippen LogP contribution in [0, 0.1) is 5.82 Å². The van der Waals surface area contributed by atoms with Crippen LogP contribution < -0.4 is 5.32 Å². The van der Waals surface area contributed by atoms with Gasteiger partial charge in [0.2, 0.25) is 5.91 Å². The maximum atomic E-state index is 13.9. The largest absolute Gasteiger partial charge is 0.352 e. The average Bonchev–Trinajstić information content (AvgIpc) is 3.12. The highest BCUT2D eigenvalue weighted by Gasteiger charge is 2.22. The summed E-state index contributed by atoms with van der Waals surface area (Å²) in [6.07, 6.45) is 4.18. The second-order valence-electron chi connectivity index (χ2n) is 7.41. The van der Waals surface area contributed by atoms with Gasteiger partial charge in [-0.3, -0.25) is 9.69 Å². The highest BCUT2D eigenvalue weighted by Crippen LogP contribution is 2.16. The van der Waals surface area contributed by atoms with Crippen molar-refractivity contribution in [2.24, 2.45) is 0 Å². The van der Waals surface area contributed by atoms with Gasteiger partial charge in [-0.05, 0) is 37.6 Å². The van der Waals surface area contributed by atoms with Gasteiger partial charge < -0.3 is 9.88 Å². The Balaban J connectivity index is 1.28. The number of carbonyl (C=O) groups is 1. The molecule has 1 aromatic heterocycles. The number of halogens is 1. The minimum absolute atomic E-state index is 0.0514. The Morgan fingerprint density at radius 2 is 2.00 bits per heavy atom. The van der Waals surface area contributed by atoms with Gasteiger partial charge in [-0.2, -0.15) is 0 Å². The van der Waals surface area contributed by atoms with Crippen LogP contribution in [0.25, 0.3) is 11.0 Å². The third-order valence-electron chi connectivity index (χ3n) is 5.33. The molecule has 0 bridgehead atoms. The van der Waals surface area contributed by atoms with E-state index in [1.54, 1.807) is 12.4 Å². The molecule has 2 heterocycles. The maximum absolute atomic E-state index is 13.9. The molecule has 28 heavy (non-hydrogen) atoms. The molecule has 1 amide bonds. The monoisotopic (exact) mass is 380 g/mol. The van der Waals surface area contributed by atoms with Gasteiger partial charge in [-0.1, -0.05) is 30.3 Å². The standard InChI is InChI=1S/C22H25FN4O/c23-19-8-2-1-6-17(19)14-26-12-5-7-18(15-26)25-22(28)11-13-27-16-24-20-9-3-4-10-21(20)27/h1-4,6,8-10,16,18H,5,7,11-15H2,(H,25,28)/t18-/m0/s1. The summed E-state index contributed by atoms with van der Waals surface area (Å²) in [5.41, 5.74) is 2.70. The van der Waals surface area contributed by atoms with Gasteiger partial charge in [0.1, 0.15) is 5.82 Å². The van der Waals surface area contributed by atoms with Crippen LogP contribution in [0.4, 0.5) is 4.39 Å². The second-order valence-corrected chi connectivity index (χ2v) is 7.41. The number of aryl methyl sites for hydroxylation is 1. The molecule has 1 N–H and O–H groups in total. The number of nitrogens with one attached hydrogen (secondary N) is 1. The molecule has 6 heteroatoms. The topological polar surface area (TPSA) is 50.2 Å². The van der Waals surface area contributed by atoms with Crippen molar-refractivity contribution in [2.75, 3.05) is 13.1 Å². The van der Waals surface area contributed by atoms with E-state index in [0.29, 0.717) is 25.1 Å². The van der Waals surface area contributed by atoms with Gasteiger partial charge in [-0.25, -0.2) is 9.37 Å². The van der Waals surface area contributed by atoms with E-state index >= 15 is 0 Å². The van der Waals surface area contributed by atoms with Crippen LogP contribution in [-0.2, 0) is 17.9 Å². The number of para-hydroxylation sites is 2. The van der Waals surface area contributed by atoms with Crippen molar-refractivity contribution in [1.82, 2.24) is 19.8 Å². The van der Waals surface area contributed by atoms with Crippen LogP contribution in [0.5, 0.6) is 0 Å². The SMILES string of the molecule is O=C(CCn1cnc2ccccc21)N[C@H]1CCCN(Cc2ccccc2F)C1. The van der Waals surface area contributed by atoms with E-state index in [0.717, 1.165) is 37.0 Å². The molecule has 1 atom stereocenters. The number of hydrogen-bond acceptors (Lipinski definition) is 3. The molecule has 0 spiro atoms. The lowest BCUT2D eigenvalue weighted by Gasteiger charge is -2.33. The molecule has 1 fully saturated rings. The van der Waals surface area contributed by atoms with Crippen LogP contribution in [-0.4, -0.2) is 39.5 Å². The normalized spacial score (nSPS) is 17.7. The molecule has 0 aliphatic carbocycles. The molecule has 5 nitrogen and oxygen atoms in total. The molecule has 3 aromatic rings. The smallest absolute Gasteiger partial charge is 0.222 e. The van der Waals surface area contributed by atoms with Gasteiger partial charge >= 0.3 is 0 Å². The average molecular weight is 380 g/mol. The van der Waals surface area contributed by atoms with E-state index in [-0.39, 0.29) is 17.8 Å². The minimum Gasteiger partial charge on any atom is -0.352 e. The Hall–Kier alpha value is -2.73. The first-order valence-electron chi connectivity index (χ1n) is 9.84. The molecule has 0 saturated carbocycles. The van der Waals surface area contributed by atoms with Crippen molar-refractivity contribution >= 4 is 16.9 Å². The lowest BCUT2D eigenvalue weighted by Crippen LogP contribution is -2.47. The van der Waals surface area contributed by atoms with Crippen molar-refractivity contribution in [3.63, 3.8) is 0 Å². The number of amides is 1. The van der Waals surface area contributed by atoms with E-state index in [9.17, 15) is 9.18 Å². The van der Waals surface area contributed by atoms with E-state index in [2.05, 4.69) is 15.2 Å². The lowest BCUT2D eigenvalue weighted by molar-refractivity contribution is -0.122. The number of imidazole rings is 1. The number of likely N-dealkylation sites (tertiary alicyclic amines) is 1. The molecule has 0 unspecified atom stereocenters. The minimum atomic E-state index is -0.166. The van der Waals surface area contributed by atoms with E-state index in [1.807, 2.05) is 41.0 Å². The van der Waals surface area contributed by atoms with Crippen molar-refractivity contribution < 1.29 is 9.18 Å². The van der Waals surface area contributed by atoms with Gasteiger partial charge in [0.05, 0.1) is 17.4 Å². The van der Waals surface area contributed by atoms with Crippen molar-refractivity contribution in [1.29, 1.82) is 0 Å². The molecular weight excluding hydrogens is 355 g/mol. The molecule has 0 radical (unpaired) electrons. The Morgan fingerprint density at radius 3 is 2.89 bits per heavy atom. The zero-order chi connectivity index (χ0) is 19.3. The number of carbonyl (C=O) groups excluding carboxylic acids is 1. The van der Waals surface area contributed by atoms with Crippen LogP contribution in [0.3, 0.4) is 0 Å². The van der Waals surface area contributed by atoms with Gasteiger partial charge in [0.25, 0.3) is 0 Å². The lowest BCUT2D eigenvalue weighted by atomic mass is 10.0. The van der Waals surface area contributed by atoms with E-state index < -0.39 is 0 Å². The van der Waals surface area contributed by atoms with Gasteiger partial charge in [0, 0.05) is 37.7 Å². The number of benzene rings is 2. The molecule has 2 aromatic carbocycles. The fraction of sp³-hybridized carbons (Fsp3) is 0.364. The number of aromatic nitrogens is 2. The predicted octanol–water partition coefficient (Wildman–Crippen LogP) is 3.35. The Labute approximate surface area is 164 Å². The van der Waals surface area contributed by atoms with Gasteiger partial charge in [0.15, 0.2) is 0 Å². The highest BCUT2D eigenvalue weighted by atomic mass is 19.1. The summed E-state index contributed by atoms with van der Waals surface area (Å²) in [4.78, 5) is 19.0. The van der Waals surface area contributed by atoms with E-state index in [1.165, 1.54) is 6.07 Å². The number of hydrogen-bond donors (Lipinski definition) is 1. The third-order valence-corrected chi connectivity index (χ3v) is 5.33. The fourth-order valence-corrected chi connectivity index (χ4v) is 3.89. The Morgan fingerprint density at radius 1 is 1.18 bits per heavy atom. The zero-order valence-electron chi connectivity index (χ0n) is 15.9. The number of rotatable bonds is 6. The molecular formula is C22H25FN4O. The second kappa shape index (κ2) is 8.52. The number of nitrogens with zero attached hydrogens (tertiary/aromatic N) is 3. The van der Waals surface area contributed by atoms with E-state index in [4.69, 9.17) is 0 Å². The summed E-state index contributed by atoms with van der Waals surface area (Å²) in [7, 11) is 0. The third kappa shape index (κ3) is 4.39. The molecule has 1 aliphatic rings. The van der Waals surface area contributed by atoms with Crippen LogP contribution >= 0.6 is 0 Å². The molecule has 1 aliphatic heterocycles. The van der Waals surface area contributed by atoms with Crippen molar-refractivity contribution in [3.8, 4) is 0 Å². The van der Waals surface area contributed by atoms with Crippen molar-refractivity contribution in [3.05, 3.63) is 66.2 Å². The molecule has 1 saturated heterocycles. The first kappa shape index (κ1) is 18.6. The predicted molar refractivity (Wildman–Crippen MR) is 107 cm³/mol. The molecule has 4 rings (SSSR count). The summed E-state index contributed by atoms with van der Waals surface area (Å²) in [6.45, 7) is 2.88. The highest BCUT2D eigenvalue weighted by molar-refractivity contribution is 5.77. The molecule has 146 valence electrons. The Kier molecular flexibility index (Phi) is 5.67. The first-order valence-corrected chi connectivity index (χ1v) is 9.84. The van der Waals surface area contributed by atoms with Gasteiger partial charge in [-0.15, -0.1) is 0 Å². The number of piperidine rings is 1. The fourth-order valence-electron chi connectivity index (χ4n) is 3.89. The summed E-state index contributed by atoms with van der Waals surface area (Å²) in [5.74, 6) is -0.114. The Bertz CT molecular complexity index is 954. The number of fused-ring (bicyclic) bond motifs is 1. The van der Waals surface area contributed by atoms with Crippen LogP contribution in [0.2, 0.25) is 0 Å². The zero-order valence-corrected chi connectivity index (χ0v) is 15.9. The maximum Gasteiger partial charge on any atom is 0.222 e.